The number of pyridine rings is 1. The fourth-order valence-electron chi connectivity index (χ4n) is 4.91. The molecule has 0 radical (unpaired) electrons. The van der Waals surface area contributed by atoms with E-state index in [1.54, 1.807) is 0 Å². The van der Waals surface area contributed by atoms with E-state index in [0.29, 0.717) is 6.54 Å². The number of benzene rings is 2. The number of rotatable bonds is 6. The van der Waals surface area contributed by atoms with E-state index < -0.39 is 0 Å². The number of aryl methyl sites for hydroxylation is 3. The molecular weight excluding hydrogens is 410 g/mol. The average molecular weight is 442 g/mol. The lowest BCUT2D eigenvalue weighted by Crippen LogP contribution is -2.41. The third-order valence-corrected chi connectivity index (χ3v) is 6.83. The Morgan fingerprint density at radius 3 is 2.79 bits per heavy atom. The molecule has 0 spiro atoms. The average Bonchev–Trinajstić information content (AvgIpc) is 3.26. The van der Waals surface area contributed by atoms with Crippen molar-refractivity contribution in [1.82, 2.24) is 20.1 Å². The lowest BCUT2D eigenvalue weighted by atomic mass is 9.95. The second-order valence-corrected chi connectivity index (χ2v) is 9.13. The Morgan fingerprint density at radius 2 is 1.94 bits per heavy atom. The number of carbonyl (C=O) groups is 1. The van der Waals surface area contributed by atoms with Gasteiger partial charge in [0.15, 0.2) is 0 Å². The number of piperidine rings is 1. The van der Waals surface area contributed by atoms with Crippen molar-refractivity contribution < 1.29 is 4.79 Å². The van der Waals surface area contributed by atoms with Crippen LogP contribution in [0.4, 0.5) is 5.69 Å². The van der Waals surface area contributed by atoms with Crippen LogP contribution >= 0.6 is 0 Å². The first-order valence-corrected chi connectivity index (χ1v) is 11.9. The van der Waals surface area contributed by atoms with Crippen LogP contribution in [0, 0.1) is 19.8 Å². The number of amides is 1. The molecule has 6 nitrogen and oxygen atoms in total. The Hall–Kier alpha value is -3.41. The Labute approximate surface area is 194 Å². The highest BCUT2D eigenvalue weighted by atomic mass is 16.1. The van der Waals surface area contributed by atoms with Crippen LogP contribution in [0.3, 0.4) is 0 Å². The van der Waals surface area contributed by atoms with E-state index in [-0.39, 0.29) is 11.8 Å². The maximum Gasteiger partial charge on any atom is 0.223 e. The van der Waals surface area contributed by atoms with Crippen molar-refractivity contribution in [3.8, 4) is 0 Å². The minimum absolute atomic E-state index is 0.0873. The van der Waals surface area contributed by atoms with Gasteiger partial charge in [-0.05, 0) is 62.9 Å². The molecule has 2 aromatic carbocycles. The van der Waals surface area contributed by atoms with E-state index in [0.717, 1.165) is 49.9 Å². The zero-order valence-electron chi connectivity index (χ0n) is 19.4. The fourth-order valence-corrected chi connectivity index (χ4v) is 4.91. The van der Waals surface area contributed by atoms with Crippen molar-refractivity contribution in [2.24, 2.45) is 5.92 Å². The van der Waals surface area contributed by atoms with Crippen molar-refractivity contribution in [3.63, 3.8) is 0 Å². The van der Waals surface area contributed by atoms with Crippen molar-refractivity contribution in [1.29, 1.82) is 0 Å². The van der Waals surface area contributed by atoms with Crippen LogP contribution in [-0.4, -0.2) is 40.3 Å². The van der Waals surface area contributed by atoms with Crippen LogP contribution in [0.15, 0.2) is 54.9 Å². The van der Waals surface area contributed by atoms with Crippen LogP contribution in [0.2, 0.25) is 0 Å². The van der Waals surface area contributed by atoms with Crippen LogP contribution in [0.1, 0.15) is 30.4 Å². The van der Waals surface area contributed by atoms with Gasteiger partial charge in [0.05, 0.1) is 17.2 Å². The normalized spacial score (nSPS) is 14.8. The Balaban J connectivity index is 1.12. The summed E-state index contributed by atoms with van der Waals surface area (Å²) in [5, 5.41) is 10.1. The van der Waals surface area contributed by atoms with Gasteiger partial charge in [0.1, 0.15) is 0 Å². The SMILES string of the molecule is Cc1ccc2nccc(N3CCC(C(=O)NCCCn4ncc5c(C)cccc54)CC3)c2c1. The molecule has 6 heteroatoms. The van der Waals surface area contributed by atoms with Gasteiger partial charge in [0.25, 0.3) is 0 Å². The Kier molecular flexibility index (Phi) is 5.99. The molecule has 2 aromatic heterocycles. The van der Waals surface area contributed by atoms with E-state index in [9.17, 15) is 4.79 Å². The highest BCUT2D eigenvalue weighted by Gasteiger charge is 2.25. The van der Waals surface area contributed by atoms with Gasteiger partial charge < -0.3 is 10.2 Å². The lowest BCUT2D eigenvalue weighted by Gasteiger charge is -2.33. The minimum Gasteiger partial charge on any atom is -0.371 e. The quantitative estimate of drug-likeness (QED) is 0.443. The van der Waals surface area contributed by atoms with Crippen molar-refractivity contribution in [3.05, 3.63) is 66.0 Å². The molecule has 0 saturated carbocycles. The van der Waals surface area contributed by atoms with E-state index in [1.165, 1.54) is 27.6 Å². The molecule has 33 heavy (non-hydrogen) atoms. The molecule has 0 aliphatic carbocycles. The molecule has 1 fully saturated rings. The predicted octanol–water partition coefficient (Wildman–Crippen LogP) is 4.62. The van der Waals surface area contributed by atoms with Gasteiger partial charge in [0.2, 0.25) is 5.91 Å². The molecule has 1 aliphatic rings. The Morgan fingerprint density at radius 1 is 1.09 bits per heavy atom. The maximum atomic E-state index is 12.8. The number of nitrogens with zero attached hydrogens (tertiary/aromatic N) is 4. The first-order chi connectivity index (χ1) is 16.1. The predicted molar refractivity (Wildman–Crippen MR) is 134 cm³/mol. The summed E-state index contributed by atoms with van der Waals surface area (Å²) in [6, 6.07) is 14.8. The molecule has 3 heterocycles. The summed E-state index contributed by atoms with van der Waals surface area (Å²) in [4.78, 5) is 19.7. The fraction of sp³-hybridized carbons (Fsp3) is 0.370. The molecule has 0 unspecified atom stereocenters. The first kappa shape index (κ1) is 21.4. The van der Waals surface area contributed by atoms with Gasteiger partial charge in [-0.25, -0.2) is 0 Å². The van der Waals surface area contributed by atoms with E-state index in [4.69, 9.17) is 0 Å². The van der Waals surface area contributed by atoms with Gasteiger partial charge >= 0.3 is 0 Å². The summed E-state index contributed by atoms with van der Waals surface area (Å²) in [6.45, 7) is 7.50. The highest BCUT2D eigenvalue weighted by Crippen LogP contribution is 2.30. The largest absolute Gasteiger partial charge is 0.371 e. The molecule has 0 atom stereocenters. The molecule has 1 amide bonds. The molecule has 1 aliphatic heterocycles. The summed E-state index contributed by atoms with van der Waals surface area (Å²) in [7, 11) is 0. The van der Waals surface area contributed by atoms with Crippen LogP contribution in [0.25, 0.3) is 21.8 Å². The zero-order chi connectivity index (χ0) is 22.8. The molecule has 4 aromatic rings. The summed E-state index contributed by atoms with van der Waals surface area (Å²) in [5.41, 5.74) is 5.90. The summed E-state index contributed by atoms with van der Waals surface area (Å²) in [6.07, 6.45) is 6.45. The van der Waals surface area contributed by atoms with E-state index in [2.05, 4.69) is 76.6 Å². The lowest BCUT2D eigenvalue weighted by molar-refractivity contribution is -0.125. The van der Waals surface area contributed by atoms with Crippen molar-refractivity contribution in [2.45, 2.75) is 39.7 Å². The highest BCUT2D eigenvalue weighted by molar-refractivity contribution is 5.92. The van der Waals surface area contributed by atoms with E-state index >= 15 is 0 Å². The smallest absolute Gasteiger partial charge is 0.223 e. The first-order valence-electron chi connectivity index (χ1n) is 11.9. The minimum atomic E-state index is 0.0873. The number of nitrogens with one attached hydrogen (secondary N) is 1. The van der Waals surface area contributed by atoms with Crippen LogP contribution in [0.5, 0.6) is 0 Å². The molecular formula is C27H31N5O. The zero-order valence-corrected chi connectivity index (χ0v) is 19.4. The standard InChI is InChI=1S/C27H31N5O/c1-19-7-8-24-22(17-19)25(9-13-28-24)31-15-10-21(11-16-31)27(33)29-12-4-14-32-26-6-3-5-20(2)23(26)18-30-32/h3,5-9,13,17-18,21H,4,10-12,14-16H2,1-2H3,(H,29,33). The Bertz CT molecular complexity index is 1290. The van der Waals surface area contributed by atoms with Gasteiger partial charge in [0, 0.05) is 54.8 Å². The number of carbonyl (C=O) groups excluding carboxylic acids is 1. The third kappa shape index (κ3) is 4.42. The van der Waals surface area contributed by atoms with Gasteiger partial charge in [-0.3, -0.25) is 14.5 Å². The number of hydrogen-bond donors (Lipinski definition) is 1. The maximum absolute atomic E-state index is 12.8. The number of anilines is 1. The number of hydrogen-bond acceptors (Lipinski definition) is 4. The van der Waals surface area contributed by atoms with Crippen LogP contribution in [-0.2, 0) is 11.3 Å². The van der Waals surface area contributed by atoms with Gasteiger partial charge in [-0.1, -0.05) is 23.8 Å². The van der Waals surface area contributed by atoms with E-state index in [1.807, 2.05) is 17.1 Å². The van der Waals surface area contributed by atoms with Crippen molar-refractivity contribution >= 4 is 33.4 Å². The summed E-state index contributed by atoms with van der Waals surface area (Å²) >= 11 is 0. The summed E-state index contributed by atoms with van der Waals surface area (Å²) in [5.74, 6) is 0.274. The topological polar surface area (TPSA) is 63.1 Å². The molecule has 170 valence electrons. The van der Waals surface area contributed by atoms with Crippen LogP contribution < -0.4 is 10.2 Å². The number of fused-ring (bicyclic) bond motifs is 2. The molecule has 0 bridgehead atoms. The summed E-state index contributed by atoms with van der Waals surface area (Å²) < 4.78 is 2.04. The monoisotopic (exact) mass is 441 g/mol. The molecule has 5 rings (SSSR count). The third-order valence-electron chi connectivity index (χ3n) is 6.83. The second kappa shape index (κ2) is 9.22. The van der Waals surface area contributed by atoms with Gasteiger partial charge in [-0.15, -0.1) is 0 Å². The molecule has 1 saturated heterocycles. The van der Waals surface area contributed by atoms with Crippen molar-refractivity contribution in [2.75, 3.05) is 24.5 Å². The van der Waals surface area contributed by atoms with Gasteiger partial charge in [-0.2, -0.15) is 5.10 Å². The molecule has 1 N–H and O–H groups in total. The second-order valence-electron chi connectivity index (χ2n) is 9.13. The number of aromatic nitrogens is 3.